The number of hydrogen-bond acceptors (Lipinski definition) is 3. The standard InChI is InChI=1S/C7H4F3NO2/c8-7(9,10)13-6-3-1-2-5(4-6)11-12/h1-4H. The van der Waals surface area contributed by atoms with Gasteiger partial charge < -0.3 is 4.74 Å². The van der Waals surface area contributed by atoms with Crippen molar-refractivity contribution < 1.29 is 17.9 Å². The van der Waals surface area contributed by atoms with Gasteiger partial charge in [-0.15, -0.1) is 18.1 Å². The minimum atomic E-state index is -4.75. The van der Waals surface area contributed by atoms with Gasteiger partial charge in [0, 0.05) is 6.07 Å². The van der Waals surface area contributed by atoms with E-state index >= 15 is 0 Å². The first kappa shape index (κ1) is 9.50. The lowest BCUT2D eigenvalue weighted by molar-refractivity contribution is -0.274. The molecule has 0 aliphatic carbocycles. The normalized spacial score (nSPS) is 11.0. The molecule has 1 aromatic carbocycles. The summed E-state index contributed by atoms with van der Waals surface area (Å²) in [7, 11) is 0. The van der Waals surface area contributed by atoms with Crippen LogP contribution in [0.3, 0.4) is 0 Å². The maximum Gasteiger partial charge on any atom is 0.573 e. The Morgan fingerprint density at radius 1 is 1.31 bits per heavy atom. The third-order valence-corrected chi connectivity index (χ3v) is 1.16. The molecule has 0 saturated carbocycles. The lowest BCUT2D eigenvalue weighted by atomic mass is 10.3. The van der Waals surface area contributed by atoms with Crippen LogP contribution in [-0.2, 0) is 0 Å². The van der Waals surface area contributed by atoms with E-state index in [1.54, 1.807) is 0 Å². The fraction of sp³-hybridized carbons (Fsp3) is 0.143. The van der Waals surface area contributed by atoms with Crippen LogP contribution < -0.4 is 4.74 Å². The monoisotopic (exact) mass is 191 g/mol. The second-order valence-electron chi connectivity index (χ2n) is 2.14. The molecule has 0 radical (unpaired) electrons. The molecule has 1 aromatic rings. The lowest BCUT2D eigenvalue weighted by Gasteiger charge is -2.07. The smallest absolute Gasteiger partial charge is 0.406 e. The maximum atomic E-state index is 11.6. The zero-order chi connectivity index (χ0) is 9.90. The molecule has 0 spiro atoms. The molecule has 0 N–H and O–H groups in total. The highest BCUT2D eigenvalue weighted by Crippen LogP contribution is 2.25. The van der Waals surface area contributed by atoms with Gasteiger partial charge in [-0.2, -0.15) is 0 Å². The molecule has 1 rings (SSSR count). The van der Waals surface area contributed by atoms with Crippen molar-refractivity contribution >= 4 is 5.69 Å². The van der Waals surface area contributed by atoms with Crippen LogP contribution in [0, 0.1) is 4.91 Å². The van der Waals surface area contributed by atoms with Crippen molar-refractivity contribution in [3.05, 3.63) is 29.2 Å². The largest absolute Gasteiger partial charge is 0.573 e. The Kier molecular flexibility index (Phi) is 2.50. The molecule has 0 aromatic heterocycles. The van der Waals surface area contributed by atoms with Gasteiger partial charge >= 0.3 is 6.36 Å². The van der Waals surface area contributed by atoms with Crippen molar-refractivity contribution in [3.8, 4) is 5.75 Å². The Balaban J connectivity index is 2.84. The molecule has 0 bridgehead atoms. The average molecular weight is 191 g/mol. The van der Waals surface area contributed by atoms with Gasteiger partial charge in [0.2, 0.25) is 0 Å². The van der Waals surface area contributed by atoms with Gasteiger partial charge in [-0.25, -0.2) is 0 Å². The van der Waals surface area contributed by atoms with Crippen molar-refractivity contribution in [1.29, 1.82) is 0 Å². The molecule has 3 nitrogen and oxygen atoms in total. The second kappa shape index (κ2) is 3.42. The van der Waals surface area contributed by atoms with Gasteiger partial charge in [-0.05, 0) is 17.3 Å². The van der Waals surface area contributed by atoms with E-state index in [9.17, 15) is 18.1 Å². The summed E-state index contributed by atoms with van der Waals surface area (Å²) in [4.78, 5) is 9.94. The molecular formula is C7H4F3NO2. The number of nitroso groups, excluding NO2 is 1. The van der Waals surface area contributed by atoms with Crippen LogP contribution in [0.15, 0.2) is 29.4 Å². The van der Waals surface area contributed by atoms with Crippen LogP contribution in [0.2, 0.25) is 0 Å². The van der Waals surface area contributed by atoms with Gasteiger partial charge in [0.05, 0.1) is 0 Å². The van der Waals surface area contributed by atoms with Crippen LogP contribution in [0.5, 0.6) is 5.75 Å². The molecule has 0 aliphatic rings. The summed E-state index contributed by atoms with van der Waals surface area (Å²) in [6.45, 7) is 0. The van der Waals surface area contributed by atoms with Crippen LogP contribution in [0.25, 0.3) is 0 Å². The fourth-order valence-corrected chi connectivity index (χ4v) is 0.737. The van der Waals surface area contributed by atoms with E-state index in [1.807, 2.05) is 0 Å². The van der Waals surface area contributed by atoms with E-state index < -0.39 is 12.1 Å². The highest BCUT2D eigenvalue weighted by molar-refractivity contribution is 5.42. The van der Waals surface area contributed by atoms with Crippen molar-refractivity contribution in [2.45, 2.75) is 6.36 Å². The van der Waals surface area contributed by atoms with Crippen molar-refractivity contribution in [3.63, 3.8) is 0 Å². The maximum absolute atomic E-state index is 11.6. The summed E-state index contributed by atoms with van der Waals surface area (Å²) >= 11 is 0. The fourth-order valence-electron chi connectivity index (χ4n) is 0.737. The summed E-state index contributed by atoms with van der Waals surface area (Å²) < 4.78 is 38.5. The zero-order valence-corrected chi connectivity index (χ0v) is 6.21. The number of halogens is 3. The Labute approximate surface area is 71.1 Å². The van der Waals surface area contributed by atoms with Crippen LogP contribution in [-0.4, -0.2) is 6.36 Å². The zero-order valence-electron chi connectivity index (χ0n) is 6.21. The second-order valence-corrected chi connectivity index (χ2v) is 2.14. The van der Waals surface area contributed by atoms with E-state index in [0.29, 0.717) is 0 Å². The number of ether oxygens (including phenoxy) is 1. The van der Waals surface area contributed by atoms with Crippen LogP contribution in [0.4, 0.5) is 18.9 Å². The molecule has 6 heteroatoms. The predicted molar refractivity (Wildman–Crippen MR) is 38.6 cm³/mol. The number of nitrogens with zero attached hydrogens (tertiary/aromatic N) is 1. The third-order valence-electron chi connectivity index (χ3n) is 1.16. The van der Waals surface area contributed by atoms with E-state index in [0.717, 1.165) is 12.1 Å². The molecule has 0 amide bonds. The number of benzene rings is 1. The van der Waals surface area contributed by atoms with Gasteiger partial charge in [0.1, 0.15) is 11.4 Å². The molecule has 0 unspecified atom stereocenters. The number of hydrogen-bond donors (Lipinski definition) is 0. The molecule has 0 saturated heterocycles. The molecule has 0 aliphatic heterocycles. The Bertz CT molecular complexity index is 311. The number of rotatable bonds is 2. The summed E-state index contributed by atoms with van der Waals surface area (Å²) in [6.07, 6.45) is -4.75. The van der Waals surface area contributed by atoms with Crippen molar-refractivity contribution in [2.75, 3.05) is 0 Å². The predicted octanol–water partition coefficient (Wildman–Crippen LogP) is 2.98. The summed E-state index contributed by atoms with van der Waals surface area (Å²) in [5, 5.41) is 2.46. The van der Waals surface area contributed by atoms with Crippen molar-refractivity contribution in [1.82, 2.24) is 0 Å². The van der Waals surface area contributed by atoms with Gasteiger partial charge in [-0.3, -0.25) is 0 Å². The third kappa shape index (κ3) is 3.10. The topological polar surface area (TPSA) is 38.7 Å². The minimum absolute atomic E-state index is 0.109. The number of alkyl halides is 3. The Morgan fingerprint density at radius 2 is 2.00 bits per heavy atom. The van der Waals surface area contributed by atoms with Crippen LogP contribution >= 0.6 is 0 Å². The van der Waals surface area contributed by atoms with Gasteiger partial charge in [0.25, 0.3) is 0 Å². The van der Waals surface area contributed by atoms with E-state index in [-0.39, 0.29) is 5.69 Å². The molecule has 0 atom stereocenters. The first-order chi connectivity index (χ1) is 6.01. The summed E-state index contributed by atoms with van der Waals surface area (Å²) in [6, 6.07) is 4.51. The molecular weight excluding hydrogens is 187 g/mol. The van der Waals surface area contributed by atoms with Crippen molar-refractivity contribution in [2.24, 2.45) is 5.18 Å². The van der Waals surface area contributed by atoms with E-state index in [2.05, 4.69) is 9.91 Å². The van der Waals surface area contributed by atoms with Gasteiger partial charge in [0.15, 0.2) is 0 Å². The highest BCUT2D eigenvalue weighted by Gasteiger charge is 2.31. The SMILES string of the molecule is O=Nc1cccc(OC(F)(F)F)c1. The molecule has 0 fully saturated rings. The van der Waals surface area contributed by atoms with E-state index in [1.165, 1.54) is 12.1 Å². The lowest BCUT2D eigenvalue weighted by Crippen LogP contribution is -2.16. The highest BCUT2D eigenvalue weighted by atomic mass is 19.4. The first-order valence-electron chi connectivity index (χ1n) is 3.20. The Morgan fingerprint density at radius 3 is 2.54 bits per heavy atom. The average Bonchev–Trinajstić information content (AvgIpc) is 2.01. The molecule has 0 heterocycles. The minimum Gasteiger partial charge on any atom is -0.406 e. The quantitative estimate of drug-likeness (QED) is 0.674. The summed E-state index contributed by atoms with van der Waals surface area (Å²) in [5.41, 5.74) is -0.109. The Hall–Kier alpha value is -1.59. The molecule has 70 valence electrons. The first-order valence-corrected chi connectivity index (χ1v) is 3.20. The van der Waals surface area contributed by atoms with Gasteiger partial charge in [-0.1, -0.05) is 6.07 Å². The summed E-state index contributed by atoms with van der Waals surface area (Å²) in [5.74, 6) is -0.454. The van der Waals surface area contributed by atoms with E-state index in [4.69, 9.17) is 0 Å². The van der Waals surface area contributed by atoms with Crippen LogP contribution in [0.1, 0.15) is 0 Å². The molecule has 13 heavy (non-hydrogen) atoms.